The van der Waals surface area contributed by atoms with E-state index in [1.807, 2.05) is 0 Å². The lowest BCUT2D eigenvalue weighted by Crippen LogP contribution is -2.21. The molecule has 1 N–H and O–H groups in total. The molecule has 1 aliphatic rings. The molecule has 1 heterocycles. The van der Waals surface area contributed by atoms with Gasteiger partial charge in [0.05, 0.1) is 12.7 Å². The van der Waals surface area contributed by atoms with Crippen molar-refractivity contribution >= 4 is 11.6 Å². The minimum atomic E-state index is -0.367. The molecule has 0 aromatic carbocycles. The van der Waals surface area contributed by atoms with Gasteiger partial charge in [0.1, 0.15) is 0 Å². The van der Waals surface area contributed by atoms with Crippen LogP contribution in [0.3, 0.4) is 0 Å². The Labute approximate surface area is 59.8 Å². The molecule has 9 heavy (non-hydrogen) atoms. The van der Waals surface area contributed by atoms with Gasteiger partial charge in [-0.25, -0.2) is 0 Å². The van der Waals surface area contributed by atoms with Crippen LogP contribution in [0.2, 0.25) is 0 Å². The molecule has 0 aromatic heterocycles. The Kier molecular flexibility index (Phi) is 2.76. The molecule has 0 aromatic rings. The van der Waals surface area contributed by atoms with Crippen LogP contribution in [0.1, 0.15) is 6.42 Å². The summed E-state index contributed by atoms with van der Waals surface area (Å²) in [6, 6.07) is 0. The molecular formula is C6H11ClO2. The highest BCUT2D eigenvalue weighted by Gasteiger charge is 2.22. The SMILES string of the molecule is O[C@@H](CCl)C1CCOC1. The van der Waals surface area contributed by atoms with E-state index < -0.39 is 0 Å². The van der Waals surface area contributed by atoms with E-state index in [9.17, 15) is 0 Å². The normalized spacial score (nSPS) is 30.7. The molecular weight excluding hydrogens is 140 g/mol. The minimum absolute atomic E-state index is 0.280. The Bertz CT molecular complexity index is 81.1. The van der Waals surface area contributed by atoms with E-state index in [0.717, 1.165) is 13.0 Å². The van der Waals surface area contributed by atoms with Crippen LogP contribution < -0.4 is 0 Å². The molecule has 0 bridgehead atoms. The first-order valence-electron chi connectivity index (χ1n) is 3.16. The van der Waals surface area contributed by atoms with Crippen LogP contribution >= 0.6 is 11.6 Å². The van der Waals surface area contributed by atoms with E-state index in [2.05, 4.69) is 0 Å². The quantitative estimate of drug-likeness (QED) is 0.585. The van der Waals surface area contributed by atoms with Gasteiger partial charge in [0.25, 0.3) is 0 Å². The molecule has 1 saturated heterocycles. The summed E-state index contributed by atoms with van der Waals surface area (Å²) in [6.07, 6.45) is 0.586. The zero-order valence-corrected chi connectivity index (χ0v) is 5.97. The zero-order chi connectivity index (χ0) is 6.69. The van der Waals surface area contributed by atoms with Gasteiger partial charge < -0.3 is 9.84 Å². The molecule has 1 unspecified atom stereocenters. The van der Waals surface area contributed by atoms with Crippen LogP contribution in [-0.2, 0) is 4.74 Å². The van der Waals surface area contributed by atoms with Crippen LogP contribution in [0.15, 0.2) is 0 Å². The van der Waals surface area contributed by atoms with Crippen molar-refractivity contribution in [3.05, 3.63) is 0 Å². The van der Waals surface area contributed by atoms with Crippen LogP contribution in [-0.4, -0.2) is 30.3 Å². The van der Waals surface area contributed by atoms with E-state index in [1.54, 1.807) is 0 Å². The Morgan fingerprint density at radius 1 is 1.78 bits per heavy atom. The van der Waals surface area contributed by atoms with Gasteiger partial charge in [-0.1, -0.05) is 0 Å². The van der Waals surface area contributed by atoms with Crippen molar-refractivity contribution < 1.29 is 9.84 Å². The van der Waals surface area contributed by atoms with E-state index in [4.69, 9.17) is 21.4 Å². The maximum absolute atomic E-state index is 9.15. The summed E-state index contributed by atoms with van der Waals surface area (Å²) in [4.78, 5) is 0. The van der Waals surface area contributed by atoms with Gasteiger partial charge in [-0.15, -0.1) is 11.6 Å². The van der Waals surface area contributed by atoms with E-state index in [-0.39, 0.29) is 12.0 Å². The summed E-state index contributed by atoms with van der Waals surface area (Å²) >= 11 is 5.43. The smallest absolute Gasteiger partial charge is 0.0726 e. The van der Waals surface area contributed by atoms with Crippen molar-refractivity contribution in [1.29, 1.82) is 0 Å². The van der Waals surface area contributed by atoms with Crippen molar-refractivity contribution in [2.45, 2.75) is 12.5 Å². The first-order chi connectivity index (χ1) is 4.34. The monoisotopic (exact) mass is 150 g/mol. The molecule has 1 aliphatic heterocycles. The molecule has 0 spiro atoms. The largest absolute Gasteiger partial charge is 0.392 e. The maximum Gasteiger partial charge on any atom is 0.0726 e. The summed E-state index contributed by atoms with van der Waals surface area (Å²) in [7, 11) is 0. The highest BCUT2D eigenvalue weighted by atomic mass is 35.5. The van der Waals surface area contributed by atoms with E-state index in [0.29, 0.717) is 12.5 Å². The fourth-order valence-electron chi connectivity index (χ4n) is 0.982. The Morgan fingerprint density at radius 2 is 2.56 bits per heavy atom. The summed E-state index contributed by atoms with van der Waals surface area (Å²) < 4.78 is 5.06. The fourth-order valence-corrected chi connectivity index (χ4v) is 1.23. The topological polar surface area (TPSA) is 29.5 Å². The van der Waals surface area contributed by atoms with Gasteiger partial charge in [-0.2, -0.15) is 0 Å². The second kappa shape index (κ2) is 3.40. The number of aliphatic hydroxyl groups excluding tert-OH is 1. The van der Waals surface area contributed by atoms with Gasteiger partial charge >= 0.3 is 0 Å². The first-order valence-corrected chi connectivity index (χ1v) is 3.70. The Hall–Kier alpha value is 0.210. The lowest BCUT2D eigenvalue weighted by atomic mass is 10.0. The van der Waals surface area contributed by atoms with Crippen LogP contribution in [0.4, 0.5) is 0 Å². The highest BCUT2D eigenvalue weighted by Crippen LogP contribution is 2.16. The minimum Gasteiger partial charge on any atom is -0.392 e. The molecule has 2 nitrogen and oxygen atoms in total. The second-order valence-electron chi connectivity index (χ2n) is 2.35. The van der Waals surface area contributed by atoms with Gasteiger partial charge in [0, 0.05) is 18.4 Å². The summed E-state index contributed by atoms with van der Waals surface area (Å²) in [5, 5.41) is 9.15. The molecule has 3 heteroatoms. The number of hydrogen-bond acceptors (Lipinski definition) is 2. The highest BCUT2D eigenvalue weighted by molar-refractivity contribution is 6.18. The Balaban J connectivity index is 2.24. The summed E-state index contributed by atoms with van der Waals surface area (Å²) in [5.41, 5.74) is 0. The van der Waals surface area contributed by atoms with E-state index in [1.165, 1.54) is 0 Å². The van der Waals surface area contributed by atoms with Crippen molar-refractivity contribution in [1.82, 2.24) is 0 Å². The molecule has 0 radical (unpaired) electrons. The zero-order valence-electron chi connectivity index (χ0n) is 5.22. The van der Waals surface area contributed by atoms with Crippen molar-refractivity contribution in [3.63, 3.8) is 0 Å². The van der Waals surface area contributed by atoms with Crippen LogP contribution in [0, 0.1) is 5.92 Å². The standard InChI is InChI=1S/C6H11ClO2/c7-3-6(8)5-1-2-9-4-5/h5-6,8H,1-4H2/t5?,6-/m0/s1. The predicted molar refractivity (Wildman–Crippen MR) is 35.7 cm³/mol. The number of aliphatic hydroxyl groups is 1. The summed E-state index contributed by atoms with van der Waals surface area (Å²) in [6.45, 7) is 1.45. The fraction of sp³-hybridized carbons (Fsp3) is 1.00. The van der Waals surface area contributed by atoms with Gasteiger partial charge in [-0.3, -0.25) is 0 Å². The molecule has 1 fully saturated rings. The lowest BCUT2D eigenvalue weighted by molar-refractivity contribution is 0.108. The van der Waals surface area contributed by atoms with Crippen molar-refractivity contribution in [2.75, 3.05) is 19.1 Å². The number of hydrogen-bond donors (Lipinski definition) is 1. The average Bonchev–Trinajstić information content (AvgIpc) is 2.37. The van der Waals surface area contributed by atoms with Crippen molar-refractivity contribution in [2.24, 2.45) is 5.92 Å². The van der Waals surface area contributed by atoms with Gasteiger partial charge in [-0.05, 0) is 6.42 Å². The molecule has 54 valence electrons. The molecule has 0 amide bonds. The third-order valence-electron chi connectivity index (χ3n) is 1.67. The third kappa shape index (κ3) is 1.81. The molecule has 2 atom stereocenters. The van der Waals surface area contributed by atoms with Gasteiger partial charge in [0.2, 0.25) is 0 Å². The number of ether oxygens (including phenoxy) is 1. The average molecular weight is 151 g/mol. The van der Waals surface area contributed by atoms with E-state index >= 15 is 0 Å². The third-order valence-corrected chi connectivity index (χ3v) is 1.98. The van der Waals surface area contributed by atoms with Crippen molar-refractivity contribution in [3.8, 4) is 0 Å². The predicted octanol–water partition coefficient (Wildman–Crippen LogP) is 0.623. The maximum atomic E-state index is 9.15. The van der Waals surface area contributed by atoms with Crippen LogP contribution in [0.5, 0.6) is 0 Å². The number of halogens is 1. The molecule has 1 rings (SSSR count). The summed E-state index contributed by atoms with van der Waals surface area (Å²) in [5.74, 6) is 0.607. The Morgan fingerprint density at radius 3 is 3.00 bits per heavy atom. The number of alkyl halides is 1. The van der Waals surface area contributed by atoms with Gasteiger partial charge in [0.15, 0.2) is 0 Å². The molecule has 0 aliphatic carbocycles. The lowest BCUT2D eigenvalue weighted by Gasteiger charge is -2.11. The second-order valence-corrected chi connectivity index (χ2v) is 2.65. The van der Waals surface area contributed by atoms with Crippen LogP contribution in [0.25, 0.3) is 0 Å². The molecule has 0 saturated carbocycles. The number of rotatable bonds is 2. The first kappa shape index (κ1) is 7.32.